The first-order valence-corrected chi connectivity index (χ1v) is 12.7. The second kappa shape index (κ2) is 14.1. The predicted molar refractivity (Wildman–Crippen MR) is 143 cm³/mol. The zero-order valence-corrected chi connectivity index (χ0v) is 23.4. The molecule has 10 heteroatoms. The van der Waals surface area contributed by atoms with E-state index in [1.165, 1.54) is 0 Å². The van der Waals surface area contributed by atoms with Crippen LogP contribution in [-0.2, 0) is 35.8 Å². The van der Waals surface area contributed by atoms with Crippen molar-refractivity contribution in [2.24, 2.45) is 0 Å². The Balaban J connectivity index is 0.00000380. The number of rotatable bonds is 10. The average molecular weight is 600 g/mol. The highest BCUT2D eigenvalue weighted by molar-refractivity contribution is 6.35. The molecule has 1 amide bonds. The normalized spacial score (nSPS) is 11.6. The van der Waals surface area contributed by atoms with E-state index in [4.69, 9.17) is 51.1 Å². The molecule has 5 nitrogen and oxygen atoms in total. The second-order valence-corrected chi connectivity index (χ2v) is 9.93. The van der Waals surface area contributed by atoms with Gasteiger partial charge in [0, 0.05) is 32.2 Å². The number of hydrogen-bond acceptors (Lipinski definition) is 2. The van der Waals surface area contributed by atoms with Gasteiger partial charge in [0.05, 0.1) is 6.61 Å². The third kappa shape index (κ3) is 8.64. The number of imidazole rings is 1. The van der Waals surface area contributed by atoms with E-state index in [2.05, 4.69) is 5.32 Å². The number of nitrogens with zero attached hydrogens (tertiary/aromatic N) is 2. The smallest absolute Gasteiger partial charge is 0.262 e. The molecule has 3 aromatic carbocycles. The molecule has 0 fully saturated rings. The maximum absolute atomic E-state index is 12.4. The minimum atomic E-state index is -0.394. The van der Waals surface area contributed by atoms with Gasteiger partial charge in [-0.15, -0.1) is 0 Å². The lowest BCUT2D eigenvalue weighted by Crippen LogP contribution is -3.00. The van der Waals surface area contributed by atoms with Gasteiger partial charge in [0.1, 0.15) is 25.0 Å². The monoisotopic (exact) mass is 597 g/mol. The van der Waals surface area contributed by atoms with Crippen LogP contribution in [0.4, 0.5) is 0 Å². The first-order chi connectivity index (χ1) is 17.4. The van der Waals surface area contributed by atoms with Crippen LogP contribution < -0.4 is 22.3 Å². The molecule has 1 aromatic heterocycles. The molecule has 194 valence electrons. The van der Waals surface area contributed by atoms with Crippen molar-refractivity contribution in [2.45, 2.75) is 32.3 Å². The van der Waals surface area contributed by atoms with Crippen molar-refractivity contribution in [2.75, 3.05) is 0 Å². The van der Waals surface area contributed by atoms with E-state index < -0.39 is 6.10 Å². The minimum absolute atomic E-state index is 0. The number of carbonyl (C=O) groups is 1. The SMILES string of the molecule is O=C(C[n+]1ccn(CC(OCc2ccc(Cl)cc2Cl)c2ccc(Cl)cc2Cl)c1)NCc1ccccc1.[Cl-]. The second-order valence-electron chi connectivity index (χ2n) is 8.25. The summed E-state index contributed by atoms with van der Waals surface area (Å²) in [6.07, 6.45) is 5.20. The average Bonchev–Trinajstić information content (AvgIpc) is 3.29. The maximum atomic E-state index is 12.4. The molecular formula is C27H24Cl5N3O2. The lowest BCUT2D eigenvalue weighted by molar-refractivity contribution is -0.684. The highest BCUT2D eigenvalue weighted by atomic mass is 35.5. The van der Waals surface area contributed by atoms with Gasteiger partial charge in [-0.25, -0.2) is 9.13 Å². The van der Waals surface area contributed by atoms with Gasteiger partial charge in [0.15, 0.2) is 6.54 Å². The van der Waals surface area contributed by atoms with Crippen LogP contribution in [-0.4, -0.2) is 10.5 Å². The molecule has 0 aliphatic rings. The molecule has 4 rings (SSSR count). The van der Waals surface area contributed by atoms with Gasteiger partial charge in [-0.2, -0.15) is 0 Å². The summed E-state index contributed by atoms with van der Waals surface area (Å²) in [6, 6.07) is 20.4. The molecule has 0 spiro atoms. The number of hydrogen-bond donors (Lipinski definition) is 1. The predicted octanol–water partition coefficient (Wildman–Crippen LogP) is 3.67. The first kappa shape index (κ1) is 29.3. The van der Waals surface area contributed by atoms with Crippen LogP contribution in [0, 0.1) is 0 Å². The summed E-state index contributed by atoms with van der Waals surface area (Å²) >= 11 is 25.0. The van der Waals surface area contributed by atoms with Gasteiger partial charge in [-0.1, -0.05) is 88.9 Å². The Hall–Kier alpha value is -2.25. The zero-order valence-electron chi connectivity index (χ0n) is 19.6. The van der Waals surface area contributed by atoms with Gasteiger partial charge in [0.2, 0.25) is 6.33 Å². The molecule has 0 saturated carbocycles. The van der Waals surface area contributed by atoms with Crippen LogP contribution in [0.2, 0.25) is 20.1 Å². The van der Waals surface area contributed by atoms with Crippen LogP contribution >= 0.6 is 46.4 Å². The van der Waals surface area contributed by atoms with E-state index in [-0.39, 0.29) is 31.5 Å². The largest absolute Gasteiger partial charge is 1.00 e. The van der Waals surface area contributed by atoms with Crippen LogP contribution in [0.1, 0.15) is 22.8 Å². The summed E-state index contributed by atoms with van der Waals surface area (Å²) < 4.78 is 10.0. The number of nitrogens with one attached hydrogen (secondary N) is 1. The number of halogens is 5. The first-order valence-electron chi connectivity index (χ1n) is 11.2. The summed E-state index contributed by atoms with van der Waals surface area (Å²) in [4.78, 5) is 12.4. The van der Waals surface area contributed by atoms with Crippen molar-refractivity contribution < 1.29 is 26.5 Å². The lowest BCUT2D eigenvalue weighted by atomic mass is 10.1. The van der Waals surface area contributed by atoms with Gasteiger partial charge < -0.3 is 22.5 Å². The number of amides is 1. The Labute approximate surface area is 242 Å². The molecule has 1 heterocycles. The topological polar surface area (TPSA) is 47.1 Å². The van der Waals surface area contributed by atoms with E-state index in [0.717, 1.165) is 16.7 Å². The third-order valence-electron chi connectivity index (χ3n) is 5.55. The Kier molecular flexibility index (Phi) is 11.1. The van der Waals surface area contributed by atoms with Gasteiger partial charge in [-0.05, 0) is 35.4 Å². The van der Waals surface area contributed by atoms with Gasteiger partial charge in [-0.3, -0.25) is 4.79 Å². The van der Waals surface area contributed by atoms with Crippen molar-refractivity contribution in [3.63, 3.8) is 0 Å². The Morgan fingerprint density at radius 2 is 1.65 bits per heavy atom. The standard InChI is InChI=1S/C27H23Cl4N3O2.ClH/c28-21-7-6-20(24(30)12-21)17-36-26(23-9-8-22(29)13-25(23)31)15-33-10-11-34(18-33)16-27(35)32-14-19-4-2-1-3-5-19;/h1-13,18,26H,14-17H2;1H. The molecule has 1 atom stereocenters. The molecule has 0 aliphatic heterocycles. The lowest BCUT2D eigenvalue weighted by Gasteiger charge is -2.19. The maximum Gasteiger partial charge on any atom is 0.262 e. The minimum Gasteiger partial charge on any atom is -1.00 e. The molecule has 4 aromatic rings. The summed E-state index contributed by atoms with van der Waals surface area (Å²) in [7, 11) is 0. The van der Waals surface area contributed by atoms with Crippen LogP contribution in [0.15, 0.2) is 85.5 Å². The zero-order chi connectivity index (χ0) is 25.5. The molecule has 1 N–H and O–H groups in total. The Morgan fingerprint density at radius 3 is 2.35 bits per heavy atom. The molecule has 0 aliphatic carbocycles. The number of ether oxygens (including phenoxy) is 1. The third-order valence-corrected chi connectivity index (χ3v) is 6.70. The summed E-state index contributed by atoms with van der Waals surface area (Å²) in [5, 5.41) is 5.08. The fraction of sp³-hybridized carbons (Fsp3) is 0.185. The quantitative estimate of drug-likeness (QED) is 0.283. The summed E-state index contributed by atoms with van der Waals surface area (Å²) in [5.41, 5.74) is 2.66. The number of aromatic nitrogens is 2. The van der Waals surface area contributed by atoms with Crippen molar-refractivity contribution in [3.8, 4) is 0 Å². The van der Waals surface area contributed by atoms with Crippen LogP contribution in [0.3, 0.4) is 0 Å². The van der Waals surface area contributed by atoms with E-state index in [1.54, 1.807) is 24.3 Å². The molecule has 1 unspecified atom stereocenters. The highest BCUT2D eigenvalue weighted by Gasteiger charge is 2.21. The fourth-order valence-corrected chi connectivity index (χ4v) is 4.68. The van der Waals surface area contributed by atoms with Crippen molar-refractivity contribution >= 4 is 52.3 Å². The number of carbonyl (C=O) groups excluding carboxylic acids is 1. The van der Waals surface area contributed by atoms with E-state index >= 15 is 0 Å². The fourth-order valence-electron chi connectivity index (χ4n) is 3.68. The molecule has 0 saturated heterocycles. The van der Waals surface area contributed by atoms with Crippen LogP contribution in [0.5, 0.6) is 0 Å². The highest BCUT2D eigenvalue weighted by Crippen LogP contribution is 2.31. The molecular weight excluding hydrogens is 576 g/mol. The molecule has 0 bridgehead atoms. The van der Waals surface area contributed by atoms with E-state index in [1.807, 2.05) is 70.3 Å². The molecule has 37 heavy (non-hydrogen) atoms. The van der Waals surface area contributed by atoms with Crippen LogP contribution in [0.25, 0.3) is 0 Å². The Morgan fingerprint density at radius 1 is 0.946 bits per heavy atom. The summed E-state index contributed by atoms with van der Waals surface area (Å²) in [6.45, 7) is 1.42. The van der Waals surface area contributed by atoms with Crippen molar-refractivity contribution in [3.05, 3.63) is 122 Å². The molecule has 0 radical (unpaired) electrons. The van der Waals surface area contributed by atoms with E-state index in [9.17, 15) is 4.79 Å². The van der Waals surface area contributed by atoms with Gasteiger partial charge >= 0.3 is 0 Å². The van der Waals surface area contributed by atoms with Crippen molar-refractivity contribution in [1.82, 2.24) is 9.88 Å². The summed E-state index contributed by atoms with van der Waals surface area (Å²) in [5.74, 6) is -0.0764. The van der Waals surface area contributed by atoms with E-state index in [0.29, 0.717) is 33.2 Å². The Bertz CT molecular complexity index is 1330. The van der Waals surface area contributed by atoms with Gasteiger partial charge in [0.25, 0.3) is 5.91 Å². The van der Waals surface area contributed by atoms with Crippen molar-refractivity contribution in [1.29, 1.82) is 0 Å². The number of benzene rings is 3.